The van der Waals surface area contributed by atoms with Crippen molar-refractivity contribution < 1.29 is 14.3 Å². The van der Waals surface area contributed by atoms with Gasteiger partial charge in [0.1, 0.15) is 0 Å². The molecule has 0 bridgehead atoms. The minimum Gasteiger partial charge on any atom is -0.453 e. The van der Waals surface area contributed by atoms with Gasteiger partial charge in [0, 0.05) is 18.8 Å². The average molecular weight is 353 g/mol. The molecule has 0 unspecified atom stereocenters. The molecule has 3 rings (SSSR count). The first-order chi connectivity index (χ1) is 12.6. The zero-order chi connectivity index (χ0) is 18.5. The Morgan fingerprint density at radius 3 is 2.69 bits per heavy atom. The van der Waals surface area contributed by atoms with Gasteiger partial charge in [-0.05, 0) is 35.6 Å². The zero-order valence-electron chi connectivity index (χ0n) is 14.8. The third-order valence-electron chi connectivity index (χ3n) is 4.62. The number of methoxy groups -OCH3 is 1. The molecule has 0 aromatic heterocycles. The van der Waals surface area contributed by atoms with E-state index in [4.69, 9.17) is 5.73 Å². The molecule has 2 aromatic rings. The van der Waals surface area contributed by atoms with Crippen molar-refractivity contribution in [3.8, 4) is 0 Å². The maximum atomic E-state index is 12.7. The molecule has 2 aromatic carbocycles. The van der Waals surface area contributed by atoms with E-state index in [9.17, 15) is 9.59 Å². The molecule has 3 N–H and O–H groups in total. The molecule has 2 amide bonds. The van der Waals surface area contributed by atoms with E-state index in [0.717, 1.165) is 22.4 Å². The first kappa shape index (κ1) is 17.9. The minimum atomic E-state index is -0.560. The molecular weight excluding hydrogens is 330 g/mol. The van der Waals surface area contributed by atoms with E-state index >= 15 is 0 Å². The van der Waals surface area contributed by atoms with Crippen LogP contribution in [0.4, 0.5) is 10.5 Å². The molecule has 1 heterocycles. The normalized spacial score (nSPS) is 14.3. The molecule has 136 valence electrons. The monoisotopic (exact) mass is 353 g/mol. The van der Waals surface area contributed by atoms with Crippen LogP contribution in [0.3, 0.4) is 0 Å². The van der Waals surface area contributed by atoms with Crippen molar-refractivity contribution in [1.29, 1.82) is 0 Å². The van der Waals surface area contributed by atoms with Gasteiger partial charge in [0.15, 0.2) is 0 Å². The number of fused-ring (bicyclic) bond motifs is 1. The van der Waals surface area contributed by atoms with Gasteiger partial charge in [-0.3, -0.25) is 10.1 Å². The van der Waals surface area contributed by atoms with Crippen molar-refractivity contribution >= 4 is 17.7 Å². The van der Waals surface area contributed by atoms with Crippen molar-refractivity contribution in [3.05, 3.63) is 65.2 Å². The fourth-order valence-electron chi connectivity index (χ4n) is 3.27. The van der Waals surface area contributed by atoms with Crippen molar-refractivity contribution in [1.82, 2.24) is 4.90 Å². The Balaban J connectivity index is 1.69. The topological polar surface area (TPSA) is 84.7 Å². The molecule has 6 heteroatoms. The number of carbonyl (C=O) groups is 2. The fourth-order valence-corrected chi connectivity index (χ4v) is 3.27. The Bertz CT molecular complexity index is 792. The Morgan fingerprint density at radius 1 is 1.19 bits per heavy atom. The van der Waals surface area contributed by atoms with Crippen molar-refractivity contribution in [2.24, 2.45) is 5.73 Å². The summed E-state index contributed by atoms with van der Waals surface area (Å²) in [6, 6.07) is 14.9. The molecule has 0 fully saturated rings. The molecule has 26 heavy (non-hydrogen) atoms. The third-order valence-corrected chi connectivity index (χ3v) is 4.62. The summed E-state index contributed by atoms with van der Waals surface area (Å²) in [5.74, 6) is -0.0502. The maximum Gasteiger partial charge on any atom is 0.411 e. The number of benzene rings is 2. The number of nitrogens with one attached hydrogen (secondary N) is 1. The van der Waals surface area contributed by atoms with E-state index in [1.54, 1.807) is 4.90 Å². The lowest BCUT2D eigenvalue weighted by molar-refractivity contribution is -0.133. The van der Waals surface area contributed by atoms with Crippen molar-refractivity contribution in [3.63, 3.8) is 0 Å². The predicted molar refractivity (Wildman–Crippen MR) is 99.7 cm³/mol. The van der Waals surface area contributed by atoms with Crippen LogP contribution in [0.25, 0.3) is 0 Å². The molecule has 0 radical (unpaired) electrons. The second-order valence-electron chi connectivity index (χ2n) is 6.37. The molecule has 1 aliphatic rings. The van der Waals surface area contributed by atoms with Gasteiger partial charge < -0.3 is 15.4 Å². The highest BCUT2D eigenvalue weighted by molar-refractivity contribution is 5.86. The molecule has 6 nitrogen and oxygen atoms in total. The molecule has 1 atom stereocenters. The van der Waals surface area contributed by atoms with Gasteiger partial charge in [-0.15, -0.1) is 0 Å². The van der Waals surface area contributed by atoms with E-state index in [1.165, 1.54) is 7.11 Å². The number of nitrogens with two attached hydrogens (primary N) is 1. The smallest absolute Gasteiger partial charge is 0.411 e. The number of anilines is 1. The first-order valence-corrected chi connectivity index (χ1v) is 8.62. The van der Waals surface area contributed by atoms with Crippen LogP contribution in [-0.2, 0) is 28.9 Å². The van der Waals surface area contributed by atoms with Crippen molar-refractivity contribution in [2.45, 2.75) is 25.4 Å². The van der Waals surface area contributed by atoms with Crippen LogP contribution in [0.15, 0.2) is 48.5 Å². The van der Waals surface area contributed by atoms with Gasteiger partial charge in [0.25, 0.3) is 0 Å². The quantitative estimate of drug-likeness (QED) is 0.883. The van der Waals surface area contributed by atoms with Gasteiger partial charge >= 0.3 is 6.09 Å². The van der Waals surface area contributed by atoms with E-state index in [2.05, 4.69) is 10.1 Å². The van der Waals surface area contributed by atoms with Crippen LogP contribution >= 0.6 is 0 Å². The SMILES string of the molecule is COC(=O)Nc1cccc2c1CCN(C(=O)[C@@H](N)Cc1ccccc1)C2. The highest BCUT2D eigenvalue weighted by Gasteiger charge is 2.26. The summed E-state index contributed by atoms with van der Waals surface area (Å²) in [6.45, 7) is 1.07. The molecule has 0 aliphatic carbocycles. The second-order valence-corrected chi connectivity index (χ2v) is 6.37. The predicted octanol–water partition coefficient (Wildman–Crippen LogP) is 2.32. The van der Waals surface area contributed by atoms with Crippen LogP contribution in [0.1, 0.15) is 16.7 Å². The third kappa shape index (κ3) is 4.03. The Morgan fingerprint density at radius 2 is 1.96 bits per heavy atom. The zero-order valence-corrected chi connectivity index (χ0v) is 14.8. The van der Waals surface area contributed by atoms with E-state index < -0.39 is 12.1 Å². The summed E-state index contributed by atoms with van der Waals surface area (Å²) in [5, 5.41) is 2.73. The molecule has 1 aliphatic heterocycles. The van der Waals surface area contributed by atoms with Crippen LogP contribution in [0, 0.1) is 0 Å². The number of carbonyl (C=O) groups excluding carboxylic acids is 2. The lowest BCUT2D eigenvalue weighted by Crippen LogP contribution is -2.46. The summed E-state index contributed by atoms with van der Waals surface area (Å²) < 4.78 is 4.66. The minimum absolute atomic E-state index is 0.0502. The van der Waals surface area contributed by atoms with E-state index in [0.29, 0.717) is 25.9 Å². The first-order valence-electron chi connectivity index (χ1n) is 8.62. The maximum absolute atomic E-state index is 12.7. The highest BCUT2D eigenvalue weighted by atomic mass is 16.5. The van der Waals surface area contributed by atoms with Crippen molar-refractivity contribution in [2.75, 3.05) is 19.0 Å². The fraction of sp³-hybridized carbons (Fsp3) is 0.300. The van der Waals surface area contributed by atoms with Crippen LogP contribution in [-0.4, -0.2) is 36.6 Å². The Kier molecular flexibility index (Phi) is 5.53. The van der Waals surface area contributed by atoms with Gasteiger partial charge in [-0.25, -0.2) is 4.79 Å². The van der Waals surface area contributed by atoms with Gasteiger partial charge in [0.2, 0.25) is 5.91 Å². The summed E-state index contributed by atoms with van der Waals surface area (Å²) >= 11 is 0. The van der Waals surface area contributed by atoms with E-state index in [-0.39, 0.29) is 5.91 Å². The van der Waals surface area contributed by atoms with Crippen LogP contribution < -0.4 is 11.1 Å². The van der Waals surface area contributed by atoms with Gasteiger partial charge in [0.05, 0.1) is 13.2 Å². The number of ether oxygens (including phenoxy) is 1. The van der Waals surface area contributed by atoms with Crippen LogP contribution in [0.5, 0.6) is 0 Å². The molecule has 0 spiro atoms. The Hall–Kier alpha value is -2.86. The molecule has 0 saturated carbocycles. The summed E-state index contributed by atoms with van der Waals surface area (Å²) in [4.78, 5) is 26.0. The second kappa shape index (κ2) is 8.01. The number of amides is 2. The average Bonchev–Trinajstić information content (AvgIpc) is 2.67. The summed E-state index contributed by atoms with van der Waals surface area (Å²) in [6.07, 6.45) is 0.688. The Labute approximate surface area is 152 Å². The van der Waals surface area contributed by atoms with Gasteiger partial charge in [-0.1, -0.05) is 42.5 Å². The van der Waals surface area contributed by atoms with Crippen LogP contribution in [0.2, 0.25) is 0 Å². The molecule has 0 saturated heterocycles. The standard InChI is InChI=1S/C20H23N3O3/c1-26-20(25)22-18-9-5-8-15-13-23(11-10-16(15)18)19(24)17(21)12-14-6-3-2-4-7-14/h2-9,17H,10-13,21H2,1H3,(H,22,25)/t17-/m0/s1. The van der Waals surface area contributed by atoms with E-state index in [1.807, 2.05) is 48.5 Å². The lowest BCUT2D eigenvalue weighted by atomic mass is 9.96. The van der Waals surface area contributed by atoms with Gasteiger partial charge in [-0.2, -0.15) is 0 Å². The summed E-state index contributed by atoms with van der Waals surface area (Å²) in [7, 11) is 1.33. The largest absolute Gasteiger partial charge is 0.453 e. The lowest BCUT2D eigenvalue weighted by Gasteiger charge is -2.32. The number of rotatable bonds is 4. The number of hydrogen-bond donors (Lipinski definition) is 2. The number of nitrogens with zero attached hydrogens (tertiary/aromatic N) is 1. The summed E-state index contributed by atoms with van der Waals surface area (Å²) in [5.41, 5.74) is 9.99. The molecular formula is C20H23N3O3. The number of hydrogen-bond acceptors (Lipinski definition) is 4. The highest BCUT2D eigenvalue weighted by Crippen LogP contribution is 2.26.